The Hall–Kier alpha value is -2.73. The summed E-state index contributed by atoms with van der Waals surface area (Å²) in [5.41, 5.74) is -1.60. The molecule has 1 aliphatic rings. The number of esters is 1. The summed E-state index contributed by atoms with van der Waals surface area (Å²) in [4.78, 5) is 54.8. The van der Waals surface area contributed by atoms with E-state index in [9.17, 15) is 29.4 Å². The van der Waals surface area contributed by atoms with Crippen LogP contribution in [0.15, 0.2) is 34.1 Å². The molecule has 1 fully saturated rings. The number of aliphatic hydroxyl groups is 2. The molecule has 0 amide bonds. The summed E-state index contributed by atoms with van der Waals surface area (Å²) in [6.45, 7) is 24.8. The van der Waals surface area contributed by atoms with E-state index in [1.165, 1.54) is 6.92 Å². The Kier molecular flexibility index (Phi) is 23.0. The Morgan fingerprint density at radius 1 is 1.03 bits per heavy atom. The molecular weight excluding hydrogens is 863 g/mol. The molecule has 12 atom stereocenters. The van der Waals surface area contributed by atoms with E-state index in [1.54, 1.807) is 38.1 Å². The number of Topliss-reactive ketones (excluding diaryl/α,β-unsaturated/α-hetero) is 2. The van der Waals surface area contributed by atoms with Gasteiger partial charge in [-0.05, 0) is 91.6 Å². The second-order valence-electron chi connectivity index (χ2n) is 19.7. The number of aryl methyl sites for hydroxylation is 1. The minimum atomic E-state index is -1.36. The number of aromatic nitrogens is 1. The lowest BCUT2D eigenvalue weighted by atomic mass is 9.76. The van der Waals surface area contributed by atoms with Gasteiger partial charge in [-0.2, -0.15) is 0 Å². The van der Waals surface area contributed by atoms with Gasteiger partial charge in [0.1, 0.15) is 23.6 Å². The second kappa shape index (κ2) is 26.3. The lowest BCUT2D eigenvalue weighted by Crippen LogP contribution is -2.58. The van der Waals surface area contributed by atoms with E-state index in [1.807, 2.05) is 91.1 Å². The largest absolute Gasteiger partial charge is 0.459 e. The second-order valence-corrected chi connectivity index (χ2v) is 20.8. The number of hydrogen-bond acceptors (Lipinski definition) is 14. The zero-order valence-corrected chi connectivity index (χ0v) is 43.6. The number of aliphatic hydroxyl groups excluding tert-OH is 1. The highest BCUT2D eigenvalue weighted by atomic mass is 32.2. The summed E-state index contributed by atoms with van der Waals surface area (Å²) >= 11 is 1.64. The number of carbonyl (C=O) groups excluding carboxylic acids is 3. The van der Waals surface area contributed by atoms with Gasteiger partial charge in [0.2, 0.25) is 0 Å². The van der Waals surface area contributed by atoms with Gasteiger partial charge in [-0.1, -0.05) is 54.9 Å². The number of nitrogens with one attached hydrogen (secondary N) is 1. The number of carbonyl (C=O) groups is 3. The summed E-state index contributed by atoms with van der Waals surface area (Å²) in [5.74, 6) is -0.882. The first-order valence-electron chi connectivity index (χ1n) is 24.2. The molecule has 0 aliphatic carbocycles. The molecule has 66 heavy (non-hydrogen) atoms. The van der Waals surface area contributed by atoms with Crippen LogP contribution in [-0.4, -0.2) is 138 Å². The molecule has 376 valence electrons. The molecule has 2 aromatic rings. The third-order valence-corrected chi connectivity index (χ3v) is 14.6. The Morgan fingerprint density at radius 2 is 1.71 bits per heavy atom. The van der Waals surface area contributed by atoms with Crippen LogP contribution in [-0.2, 0) is 39.8 Å². The first-order valence-corrected chi connectivity index (χ1v) is 25.2. The van der Waals surface area contributed by atoms with E-state index in [0.717, 1.165) is 22.6 Å². The predicted molar refractivity (Wildman–Crippen MR) is 262 cm³/mol. The molecule has 1 aromatic carbocycles. The van der Waals surface area contributed by atoms with Crippen molar-refractivity contribution in [1.82, 2.24) is 14.8 Å². The zero-order chi connectivity index (χ0) is 49.7. The van der Waals surface area contributed by atoms with Gasteiger partial charge in [-0.15, -0.1) is 11.8 Å². The van der Waals surface area contributed by atoms with Crippen molar-refractivity contribution < 1.29 is 48.3 Å². The van der Waals surface area contributed by atoms with Crippen molar-refractivity contribution in [2.24, 2.45) is 23.7 Å². The van der Waals surface area contributed by atoms with E-state index in [2.05, 4.69) is 19.2 Å². The van der Waals surface area contributed by atoms with Crippen LogP contribution >= 0.6 is 11.8 Å². The van der Waals surface area contributed by atoms with Gasteiger partial charge < -0.3 is 48.7 Å². The molecule has 0 saturated carbocycles. The molecule has 2 heterocycles. The van der Waals surface area contributed by atoms with Crippen molar-refractivity contribution in [3.8, 4) is 0 Å². The van der Waals surface area contributed by atoms with E-state index < -0.39 is 59.8 Å². The zero-order valence-electron chi connectivity index (χ0n) is 42.8. The van der Waals surface area contributed by atoms with Crippen LogP contribution in [0.2, 0.25) is 0 Å². The number of pyridine rings is 1. The first-order chi connectivity index (χ1) is 31.0. The molecule has 15 heteroatoms. The number of likely N-dealkylation sites (N-methyl/N-ethyl adjacent to an activating group) is 1. The van der Waals surface area contributed by atoms with Gasteiger partial charge in [0.05, 0.1) is 48.0 Å². The first kappa shape index (κ1) is 57.6. The van der Waals surface area contributed by atoms with Crippen LogP contribution in [0.3, 0.4) is 0 Å². The van der Waals surface area contributed by atoms with Crippen LogP contribution in [0.5, 0.6) is 0 Å². The number of rotatable bonds is 29. The highest BCUT2D eigenvalue weighted by Crippen LogP contribution is 2.38. The number of thioether (sulfide) groups is 1. The SMILES string of the molecule is CCC(=O)C(C)C(OC(C)CC(C)(OC)C(OC(=O)CCNCCSc1ccc2c(=O)c(C(C)=O)cn(CC)c2c1)C(C)C)C(C)C(OC1OCCC(N(C)C)C1O)C(C)(O)CC(C)CC. The Labute approximate surface area is 399 Å². The monoisotopic (exact) mass is 948 g/mol. The predicted octanol–water partition coefficient (Wildman–Crippen LogP) is 7.29. The Balaban J connectivity index is 1.72. The van der Waals surface area contributed by atoms with Crippen molar-refractivity contribution in [1.29, 1.82) is 0 Å². The number of ether oxygens (including phenoxy) is 5. The summed E-state index contributed by atoms with van der Waals surface area (Å²) in [6.07, 6.45) is -0.290. The standard InChI is InChI=1S/C51H85N3O11S/c1-16-32(6)28-50(11,60)48(65-49-45(59)40(53(13)14)22-25-62-49)35(9)46(34(8)42(56)17-2)63-33(7)29-51(12,61-15)47(31(4)5)64-43(57)21-23-52-24-26-66-37-19-20-38-41(27-37)54(18-3)30-39(36(10)55)44(38)58/h19-20,27,30-35,40,45-49,52,59-60H,16-18,21-26,28-29H2,1-15H3. The van der Waals surface area contributed by atoms with E-state index in [0.29, 0.717) is 57.3 Å². The fourth-order valence-electron chi connectivity index (χ4n) is 9.66. The molecule has 0 spiro atoms. The van der Waals surface area contributed by atoms with Crippen molar-refractivity contribution in [2.75, 3.05) is 46.7 Å². The average molecular weight is 948 g/mol. The molecule has 3 rings (SSSR count). The molecular formula is C51H85N3O11S. The minimum Gasteiger partial charge on any atom is -0.459 e. The quantitative estimate of drug-likeness (QED) is 0.0321. The van der Waals surface area contributed by atoms with Crippen molar-refractivity contribution in [3.05, 3.63) is 40.2 Å². The van der Waals surface area contributed by atoms with Crippen molar-refractivity contribution in [3.63, 3.8) is 0 Å². The van der Waals surface area contributed by atoms with Crippen LogP contribution < -0.4 is 10.7 Å². The Bertz CT molecular complexity index is 1920. The number of methoxy groups -OCH3 is 1. The molecule has 1 aliphatic heterocycles. The van der Waals surface area contributed by atoms with Gasteiger partial charge in [-0.25, -0.2) is 0 Å². The number of fused-ring (bicyclic) bond motifs is 1. The van der Waals surface area contributed by atoms with E-state index >= 15 is 0 Å². The molecule has 3 N–H and O–H groups in total. The number of nitrogens with zero attached hydrogens (tertiary/aromatic N) is 2. The van der Waals surface area contributed by atoms with Gasteiger partial charge in [0.25, 0.3) is 0 Å². The highest BCUT2D eigenvalue weighted by Gasteiger charge is 2.48. The maximum atomic E-state index is 13.5. The molecule has 12 unspecified atom stereocenters. The van der Waals surface area contributed by atoms with Gasteiger partial charge >= 0.3 is 5.97 Å². The van der Waals surface area contributed by atoms with E-state index in [4.69, 9.17) is 23.7 Å². The molecule has 1 aromatic heterocycles. The third kappa shape index (κ3) is 15.4. The lowest BCUT2D eigenvalue weighted by molar-refractivity contribution is -0.287. The molecule has 14 nitrogen and oxygen atoms in total. The minimum absolute atomic E-state index is 0.0130. The maximum absolute atomic E-state index is 13.5. The van der Waals surface area contributed by atoms with Crippen LogP contribution in [0.4, 0.5) is 0 Å². The van der Waals surface area contributed by atoms with Gasteiger partial charge in [0.15, 0.2) is 17.5 Å². The summed E-state index contributed by atoms with van der Waals surface area (Å²) in [7, 11) is 5.42. The number of ketones is 2. The fraction of sp³-hybridized carbons (Fsp3) is 0.765. The average Bonchev–Trinajstić information content (AvgIpc) is 3.26. The van der Waals surface area contributed by atoms with Crippen LogP contribution in [0, 0.1) is 23.7 Å². The summed E-state index contributed by atoms with van der Waals surface area (Å²) < 4.78 is 33.9. The third-order valence-electron chi connectivity index (χ3n) is 13.6. The summed E-state index contributed by atoms with van der Waals surface area (Å²) in [5, 5.41) is 27.5. The summed E-state index contributed by atoms with van der Waals surface area (Å²) in [6, 6.07) is 5.47. The number of hydrogen-bond donors (Lipinski definition) is 3. The van der Waals surface area contributed by atoms with Crippen molar-refractivity contribution in [2.45, 2.75) is 187 Å². The lowest BCUT2D eigenvalue weighted by Gasteiger charge is -2.46. The van der Waals surface area contributed by atoms with Crippen LogP contribution in [0.1, 0.15) is 132 Å². The normalized spacial score (nSPS) is 22.0. The van der Waals surface area contributed by atoms with Crippen molar-refractivity contribution >= 4 is 40.2 Å². The number of benzene rings is 1. The van der Waals surface area contributed by atoms with Gasteiger partial charge in [0, 0.05) is 79.7 Å². The van der Waals surface area contributed by atoms with E-state index in [-0.39, 0.29) is 52.8 Å². The molecule has 1 saturated heterocycles. The Morgan fingerprint density at radius 3 is 2.29 bits per heavy atom. The van der Waals surface area contributed by atoms with Gasteiger partial charge in [-0.3, -0.25) is 19.2 Å². The topological polar surface area (TPSA) is 175 Å². The molecule has 0 radical (unpaired) electrons. The smallest absolute Gasteiger partial charge is 0.307 e. The fourth-order valence-corrected chi connectivity index (χ4v) is 10.5. The maximum Gasteiger partial charge on any atom is 0.307 e. The van der Waals surface area contributed by atoms with Crippen LogP contribution in [0.25, 0.3) is 10.9 Å². The molecule has 0 bridgehead atoms. The highest BCUT2D eigenvalue weighted by molar-refractivity contribution is 7.99.